The summed E-state index contributed by atoms with van der Waals surface area (Å²) in [5.74, 6) is -1.09. The van der Waals surface area contributed by atoms with Gasteiger partial charge < -0.3 is 10.4 Å². The quantitative estimate of drug-likeness (QED) is 0.733. The van der Waals surface area contributed by atoms with Crippen molar-refractivity contribution in [3.63, 3.8) is 0 Å². The van der Waals surface area contributed by atoms with E-state index in [1.165, 1.54) is 6.92 Å². The normalized spacial score (nSPS) is 12.9. The van der Waals surface area contributed by atoms with Crippen molar-refractivity contribution in [3.8, 4) is 0 Å². The number of aryl methyl sites for hydroxylation is 1. The fraction of sp³-hybridized carbons (Fsp3) is 0.500. The van der Waals surface area contributed by atoms with Crippen molar-refractivity contribution in [1.29, 1.82) is 0 Å². The molecule has 1 aromatic carbocycles. The highest BCUT2D eigenvalue weighted by Gasteiger charge is 2.16. The highest BCUT2D eigenvalue weighted by Crippen LogP contribution is 2.04. The Labute approximate surface area is 119 Å². The molecular formula is C14H21NO4S. The standard InChI is InChI=1S/C14H21NO4S/c1-12(16)10-15-14(17)11-20(18,19)9-5-8-13-6-3-2-4-7-13/h2-4,6-7,12,16H,5,8-11H2,1H3,(H,15,17). The van der Waals surface area contributed by atoms with Gasteiger partial charge in [0.2, 0.25) is 5.91 Å². The van der Waals surface area contributed by atoms with Crippen LogP contribution in [-0.4, -0.2) is 43.6 Å². The number of aliphatic hydroxyl groups excluding tert-OH is 1. The van der Waals surface area contributed by atoms with Crippen LogP contribution in [0.15, 0.2) is 30.3 Å². The molecule has 0 saturated carbocycles. The van der Waals surface area contributed by atoms with Gasteiger partial charge in [0.1, 0.15) is 5.75 Å². The Balaban J connectivity index is 2.32. The summed E-state index contributed by atoms with van der Waals surface area (Å²) >= 11 is 0. The molecular weight excluding hydrogens is 278 g/mol. The predicted octanol–water partition coefficient (Wildman–Crippen LogP) is 0.531. The number of benzene rings is 1. The number of amides is 1. The Morgan fingerprint density at radius 3 is 2.55 bits per heavy atom. The first-order valence-corrected chi connectivity index (χ1v) is 8.40. The van der Waals surface area contributed by atoms with E-state index in [1.807, 2.05) is 30.3 Å². The Hall–Kier alpha value is -1.40. The lowest BCUT2D eigenvalue weighted by Crippen LogP contribution is -2.35. The molecule has 0 heterocycles. The lowest BCUT2D eigenvalue weighted by atomic mass is 10.1. The molecule has 1 rings (SSSR count). The first-order valence-electron chi connectivity index (χ1n) is 6.58. The summed E-state index contributed by atoms with van der Waals surface area (Å²) in [6, 6.07) is 9.62. The molecule has 0 saturated heterocycles. The van der Waals surface area contributed by atoms with Crippen LogP contribution in [-0.2, 0) is 21.1 Å². The molecule has 0 spiro atoms. The summed E-state index contributed by atoms with van der Waals surface area (Å²) in [6.07, 6.45) is 0.491. The van der Waals surface area contributed by atoms with Crippen molar-refractivity contribution >= 4 is 15.7 Å². The van der Waals surface area contributed by atoms with Gasteiger partial charge >= 0.3 is 0 Å². The molecule has 0 aromatic heterocycles. The molecule has 20 heavy (non-hydrogen) atoms. The number of nitrogens with one attached hydrogen (secondary N) is 1. The summed E-state index contributed by atoms with van der Waals surface area (Å²) < 4.78 is 23.5. The van der Waals surface area contributed by atoms with Gasteiger partial charge in [-0.3, -0.25) is 4.79 Å². The summed E-state index contributed by atoms with van der Waals surface area (Å²) in [5.41, 5.74) is 1.08. The molecule has 0 aliphatic rings. The summed E-state index contributed by atoms with van der Waals surface area (Å²) in [5, 5.41) is 11.4. The molecule has 0 aliphatic carbocycles. The van der Waals surface area contributed by atoms with E-state index in [0.29, 0.717) is 12.8 Å². The number of hydrogen-bond donors (Lipinski definition) is 2. The molecule has 2 N–H and O–H groups in total. The summed E-state index contributed by atoms with van der Waals surface area (Å²) in [4.78, 5) is 11.4. The average molecular weight is 299 g/mol. The van der Waals surface area contributed by atoms with Crippen LogP contribution in [0.4, 0.5) is 0 Å². The van der Waals surface area contributed by atoms with Gasteiger partial charge in [-0.2, -0.15) is 0 Å². The number of hydrogen-bond acceptors (Lipinski definition) is 4. The third-order valence-electron chi connectivity index (χ3n) is 2.71. The molecule has 1 atom stereocenters. The predicted molar refractivity (Wildman–Crippen MR) is 78.1 cm³/mol. The molecule has 5 nitrogen and oxygen atoms in total. The number of rotatable bonds is 8. The Bertz CT molecular complexity index is 511. The van der Waals surface area contributed by atoms with Crippen LogP contribution in [0.5, 0.6) is 0 Å². The number of aliphatic hydroxyl groups is 1. The van der Waals surface area contributed by atoms with E-state index < -0.39 is 27.6 Å². The van der Waals surface area contributed by atoms with Crippen molar-refractivity contribution in [2.45, 2.75) is 25.9 Å². The van der Waals surface area contributed by atoms with Crippen LogP contribution in [0.2, 0.25) is 0 Å². The van der Waals surface area contributed by atoms with Gasteiger partial charge in [0.15, 0.2) is 9.84 Å². The van der Waals surface area contributed by atoms with Crippen LogP contribution in [0, 0.1) is 0 Å². The monoisotopic (exact) mass is 299 g/mol. The zero-order chi connectivity index (χ0) is 15.0. The van der Waals surface area contributed by atoms with E-state index in [9.17, 15) is 13.2 Å². The van der Waals surface area contributed by atoms with Gasteiger partial charge in [-0.25, -0.2) is 8.42 Å². The zero-order valence-electron chi connectivity index (χ0n) is 11.6. The van der Waals surface area contributed by atoms with E-state index in [0.717, 1.165) is 5.56 Å². The van der Waals surface area contributed by atoms with Crippen LogP contribution >= 0.6 is 0 Å². The smallest absolute Gasteiger partial charge is 0.235 e. The summed E-state index contributed by atoms with van der Waals surface area (Å²) in [6.45, 7) is 1.59. The summed E-state index contributed by atoms with van der Waals surface area (Å²) in [7, 11) is -3.39. The van der Waals surface area contributed by atoms with E-state index in [-0.39, 0.29) is 12.3 Å². The third-order valence-corrected chi connectivity index (χ3v) is 4.32. The van der Waals surface area contributed by atoms with Crippen LogP contribution in [0.25, 0.3) is 0 Å². The molecule has 1 aromatic rings. The molecule has 0 radical (unpaired) electrons. The first kappa shape index (κ1) is 16.7. The Morgan fingerprint density at radius 1 is 1.30 bits per heavy atom. The van der Waals surface area contributed by atoms with Crippen molar-refractivity contribution in [2.75, 3.05) is 18.1 Å². The van der Waals surface area contributed by atoms with Crippen LogP contribution in [0.1, 0.15) is 18.9 Å². The minimum absolute atomic E-state index is 0.00993. The van der Waals surface area contributed by atoms with E-state index >= 15 is 0 Å². The fourth-order valence-electron chi connectivity index (χ4n) is 1.73. The molecule has 1 unspecified atom stereocenters. The molecule has 6 heteroatoms. The fourth-order valence-corrected chi connectivity index (χ4v) is 2.96. The van der Waals surface area contributed by atoms with Gasteiger partial charge in [0, 0.05) is 6.54 Å². The Kier molecular flexibility index (Phi) is 6.67. The van der Waals surface area contributed by atoms with Gasteiger partial charge in [-0.15, -0.1) is 0 Å². The maximum Gasteiger partial charge on any atom is 0.235 e. The van der Waals surface area contributed by atoms with Gasteiger partial charge in [-0.1, -0.05) is 30.3 Å². The molecule has 0 aliphatic heterocycles. The number of carbonyl (C=O) groups excluding carboxylic acids is 1. The lowest BCUT2D eigenvalue weighted by molar-refractivity contribution is -0.119. The van der Waals surface area contributed by atoms with Crippen LogP contribution < -0.4 is 5.32 Å². The SMILES string of the molecule is CC(O)CNC(=O)CS(=O)(=O)CCCc1ccccc1. The van der Waals surface area contributed by atoms with Crippen molar-refractivity contribution in [1.82, 2.24) is 5.32 Å². The maximum atomic E-state index is 11.8. The Morgan fingerprint density at radius 2 is 1.95 bits per heavy atom. The molecule has 0 fully saturated rings. The minimum Gasteiger partial charge on any atom is -0.392 e. The highest BCUT2D eigenvalue weighted by molar-refractivity contribution is 7.92. The van der Waals surface area contributed by atoms with E-state index in [4.69, 9.17) is 5.11 Å². The third kappa shape index (κ3) is 7.25. The molecule has 1 amide bonds. The van der Waals surface area contributed by atoms with Gasteiger partial charge in [0.25, 0.3) is 0 Å². The van der Waals surface area contributed by atoms with E-state index in [2.05, 4.69) is 5.32 Å². The zero-order valence-corrected chi connectivity index (χ0v) is 12.4. The molecule has 112 valence electrons. The highest BCUT2D eigenvalue weighted by atomic mass is 32.2. The average Bonchev–Trinajstić information content (AvgIpc) is 2.37. The largest absolute Gasteiger partial charge is 0.392 e. The van der Waals surface area contributed by atoms with Crippen molar-refractivity contribution in [2.24, 2.45) is 0 Å². The topological polar surface area (TPSA) is 83.5 Å². The van der Waals surface area contributed by atoms with Crippen molar-refractivity contribution < 1.29 is 18.3 Å². The second-order valence-corrected chi connectivity index (χ2v) is 7.02. The van der Waals surface area contributed by atoms with Crippen molar-refractivity contribution in [3.05, 3.63) is 35.9 Å². The lowest BCUT2D eigenvalue weighted by Gasteiger charge is -2.08. The minimum atomic E-state index is -3.39. The van der Waals surface area contributed by atoms with Crippen LogP contribution in [0.3, 0.4) is 0 Å². The first-order chi connectivity index (χ1) is 9.39. The maximum absolute atomic E-state index is 11.8. The molecule has 0 bridgehead atoms. The van der Waals surface area contributed by atoms with E-state index in [1.54, 1.807) is 0 Å². The number of carbonyl (C=O) groups is 1. The second-order valence-electron chi connectivity index (χ2n) is 4.83. The number of sulfone groups is 1. The van der Waals surface area contributed by atoms with Gasteiger partial charge in [-0.05, 0) is 25.3 Å². The van der Waals surface area contributed by atoms with Gasteiger partial charge in [0.05, 0.1) is 11.9 Å². The second kappa shape index (κ2) is 8.01.